The lowest BCUT2D eigenvalue weighted by molar-refractivity contribution is 0.102. The summed E-state index contributed by atoms with van der Waals surface area (Å²) in [7, 11) is 0.845. The number of aryl methyl sites for hydroxylation is 1. The first-order valence-corrected chi connectivity index (χ1v) is 10.00. The molecule has 0 aliphatic heterocycles. The predicted molar refractivity (Wildman–Crippen MR) is 107 cm³/mol. The van der Waals surface area contributed by atoms with E-state index >= 15 is 0 Å². The van der Waals surface area contributed by atoms with Crippen LogP contribution in [0.3, 0.4) is 0 Å². The van der Waals surface area contributed by atoms with Gasteiger partial charge in [-0.1, -0.05) is 23.7 Å². The lowest BCUT2D eigenvalue weighted by Crippen LogP contribution is -2.23. The Bertz CT molecular complexity index is 1140. The fraction of sp³-hybridized carbons (Fsp3) is 0.167. The molecule has 0 spiro atoms. The van der Waals surface area contributed by atoms with Crippen molar-refractivity contribution in [2.45, 2.75) is 4.90 Å². The van der Waals surface area contributed by atoms with Gasteiger partial charge in [0, 0.05) is 38.0 Å². The van der Waals surface area contributed by atoms with Crippen molar-refractivity contribution in [2.24, 2.45) is 7.05 Å². The Balaban J connectivity index is 1.89. The van der Waals surface area contributed by atoms with Crippen LogP contribution >= 0.6 is 11.6 Å². The van der Waals surface area contributed by atoms with Crippen LogP contribution in [0.2, 0.25) is 5.02 Å². The number of anilines is 1. The van der Waals surface area contributed by atoms with Crippen LogP contribution in [0.5, 0.6) is 0 Å². The third-order valence-electron chi connectivity index (χ3n) is 4.04. The molecule has 3 aromatic rings. The Kier molecular flexibility index (Phi) is 5.50. The second-order valence-electron chi connectivity index (χ2n) is 6.23. The van der Waals surface area contributed by atoms with Gasteiger partial charge in [0.15, 0.2) is 5.82 Å². The number of carbonyl (C=O) groups excluding carboxylic acids is 1. The maximum absolute atomic E-state index is 12.6. The molecule has 0 fully saturated rings. The van der Waals surface area contributed by atoms with Crippen molar-refractivity contribution >= 4 is 33.2 Å². The summed E-state index contributed by atoms with van der Waals surface area (Å²) in [5.41, 5.74) is 1.50. The van der Waals surface area contributed by atoms with Gasteiger partial charge in [-0.25, -0.2) is 12.7 Å². The van der Waals surface area contributed by atoms with Gasteiger partial charge in [-0.15, -0.1) is 10.2 Å². The molecule has 28 heavy (non-hydrogen) atoms. The van der Waals surface area contributed by atoms with E-state index in [0.29, 0.717) is 11.5 Å². The molecule has 0 aliphatic rings. The summed E-state index contributed by atoms with van der Waals surface area (Å²) in [5.74, 6) is 0.198. The van der Waals surface area contributed by atoms with Gasteiger partial charge in [0.25, 0.3) is 5.91 Å². The lowest BCUT2D eigenvalue weighted by Gasteiger charge is -2.14. The van der Waals surface area contributed by atoms with E-state index in [1.165, 1.54) is 32.3 Å². The topological polar surface area (TPSA) is 97.2 Å². The molecule has 1 aromatic heterocycles. The number of sulfonamides is 1. The van der Waals surface area contributed by atoms with Gasteiger partial charge in [-0.05, 0) is 30.3 Å². The summed E-state index contributed by atoms with van der Waals surface area (Å²) >= 11 is 6.03. The Labute approximate surface area is 167 Å². The number of hydrogen-bond acceptors (Lipinski definition) is 5. The molecule has 10 heteroatoms. The Morgan fingerprint density at radius 1 is 1.18 bits per heavy atom. The highest BCUT2D eigenvalue weighted by molar-refractivity contribution is 7.89. The fourth-order valence-corrected chi connectivity index (χ4v) is 3.92. The van der Waals surface area contributed by atoms with Crippen LogP contribution in [0.25, 0.3) is 11.4 Å². The molecule has 2 aromatic carbocycles. The van der Waals surface area contributed by atoms with Crippen molar-refractivity contribution < 1.29 is 13.2 Å². The summed E-state index contributed by atoms with van der Waals surface area (Å²) in [5, 5.41) is 10.7. The molecule has 0 saturated carbocycles. The van der Waals surface area contributed by atoms with Crippen LogP contribution in [-0.2, 0) is 17.1 Å². The Morgan fingerprint density at radius 3 is 2.57 bits per heavy atom. The van der Waals surface area contributed by atoms with Crippen molar-refractivity contribution in [2.75, 3.05) is 19.4 Å². The van der Waals surface area contributed by atoms with Crippen molar-refractivity contribution in [1.29, 1.82) is 0 Å². The van der Waals surface area contributed by atoms with Gasteiger partial charge >= 0.3 is 0 Å². The van der Waals surface area contributed by atoms with E-state index in [1.807, 2.05) is 13.1 Å². The number of hydrogen-bond donors (Lipinski definition) is 1. The summed E-state index contributed by atoms with van der Waals surface area (Å²) in [6.07, 6.45) is 1.58. The van der Waals surface area contributed by atoms with Gasteiger partial charge in [0.1, 0.15) is 11.2 Å². The van der Waals surface area contributed by atoms with E-state index in [0.717, 1.165) is 9.87 Å². The average molecular weight is 420 g/mol. The maximum atomic E-state index is 12.6. The van der Waals surface area contributed by atoms with Gasteiger partial charge < -0.3 is 9.88 Å². The van der Waals surface area contributed by atoms with Crippen LogP contribution in [-0.4, -0.2) is 47.5 Å². The molecule has 0 atom stereocenters. The molecule has 0 unspecified atom stereocenters. The minimum absolute atomic E-state index is 0.0505. The number of aromatic nitrogens is 3. The standard InChI is InChI=1S/C18H18ClN5O3S/c1-23(2)28(26,27)16-10-13(7-8-15(16)19)18(25)21-14-6-4-5-12(9-14)17-22-20-11-24(17)3/h4-11H,1-3H3,(H,21,25). The molecule has 1 amide bonds. The molecule has 146 valence electrons. The van der Waals surface area contributed by atoms with E-state index in [2.05, 4.69) is 15.5 Å². The Morgan fingerprint density at radius 2 is 1.93 bits per heavy atom. The molecular weight excluding hydrogens is 402 g/mol. The second kappa shape index (κ2) is 7.70. The minimum Gasteiger partial charge on any atom is -0.322 e. The smallest absolute Gasteiger partial charge is 0.255 e. The zero-order valence-electron chi connectivity index (χ0n) is 15.4. The Hall–Kier alpha value is -2.75. The van der Waals surface area contributed by atoms with Gasteiger partial charge in [-0.3, -0.25) is 4.79 Å². The van der Waals surface area contributed by atoms with Crippen molar-refractivity contribution in [1.82, 2.24) is 19.1 Å². The summed E-state index contributed by atoms with van der Waals surface area (Å²) in [4.78, 5) is 12.5. The number of halogens is 1. The number of nitrogens with zero attached hydrogens (tertiary/aromatic N) is 4. The maximum Gasteiger partial charge on any atom is 0.255 e. The second-order valence-corrected chi connectivity index (χ2v) is 8.76. The predicted octanol–water partition coefficient (Wildman–Crippen LogP) is 2.64. The van der Waals surface area contributed by atoms with E-state index in [-0.39, 0.29) is 15.5 Å². The highest BCUT2D eigenvalue weighted by Gasteiger charge is 2.22. The van der Waals surface area contributed by atoms with Crippen molar-refractivity contribution in [3.8, 4) is 11.4 Å². The number of rotatable bonds is 5. The first-order chi connectivity index (χ1) is 13.2. The van der Waals surface area contributed by atoms with Crippen LogP contribution in [0.1, 0.15) is 10.4 Å². The molecule has 3 rings (SSSR count). The molecule has 1 N–H and O–H groups in total. The van der Waals surface area contributed by atoms with Gasteiger partial charge in [0.05, 0.1) is 5.02 Å². The van der Waals surface area contributed by atoms with Crippen molar-refractivity contribution in [3.05, 3.63) is 59.4 Å². The highest BCUT2D eigenvalue weighted by atomic mass is 35.5. The molecule has 0 aliphatic carbocycles. The monoisotopic (exact) mass is 419 g/mol. The fourth-order valence-electron chi connectivity index (χ4n) is 2.52. The number of nitrogens with one attached hydrogen (secondary N) is 1. The molecular formula is C18H18ClN5O3S. The number of benzene rings is 2. The highest BCUT2D eigenvalue weighted by Crippen LogP contribution is 2.26. The zero-order chi connectivity index (χ0) is 20.5. The molecule has 0 bridgehead atoms. The van der Waals surface area contributed by atoms with Crippen LogP contribution in [0, 0.1) is 0 Å². The van der Waals surface area contributed by atoms with E-state index in [4.69, 9.17) is 11.6 Å². The first-order valence-electron chi connectivity index (χ1n) is 8.18. The molecule has 0 saturated heterocycles. The van der Waals surface area contributed by atoms with Gasteiger partial charge in [-0.2, -0.15) is 0 Å². The third-order valence-corrected chi connectivity index (χ3v) is 6.34. The molecule has 1 heterocycles. The third kappa shape index (κ3) is 3.91. The lowest BCUT2D eigenvalue weighted by atomic mass is 10.1. The van der Waals surface area contributed by atoms with Crippen LogP contribution in [0.4, 0.5) is 5.69 Å². The van der Waals surface area contributed by atoms with E-state index < -0.39 is 15.9 Å². The summed E-state index contributed by atoms with van der Waals surface area (Å²) in [6, 6.07) is 11.2. The molecule has 8 nitrogen and oxygen atoms in total. The summed E-state index contributed by atoms with van der Waals surface area (Å²) in [6.45, 7) is 0. The average Bonchev–Trinajstić information content (AvgIpc) is 3.08. The largest absolute Gasteiger partial charge is 0.322 e. The van der Waals surface area contributed by atoms with E-state index in [1.54, 1.807) is 29.1 Å². The quantitative estimate of drug-likeness (QED) is 0.685. The van der Waals surface area contributed by atoms with E-state index in [9.17, 15) is 13.2 Å². The minimum atomic E-state index is -3.77. The van der Waals surface area contributed by atoms with Crippen LogP contribution in [0.15, 0.2) is 53.7 Å². The number of amides is 1. The summed E-state index contributed by atoms with van der Waals surface area (Å²) < 4.78 is 27.6. The number of carbonyl (C=O) groups is 1. The van der Waals surface area contributed by atoms with Crippen LogP contribution < -0.4 is 5.32 Å². The molecule has 0 radical (unpaired) electrons. The van der Waals surface area contributed by atoms with Crippen molar-refractivity contribution in [3.63, 3.8) is 0 Å². The zero-order valence-corrected chi connectivity index (χ0v) is 17.0. The SMILES string of the molecule is CN(C)S(=O)(=O)c1cc(C(=O)Nc2cccc(-c3nncn3C)c2)ccc1Cl. The van der Waals surface area contributed by atoms with Gasteiger partial charge in [0.2, 0.25) is 10.0 Å². The first kappa shape index (κ1) is 20.0. The normalized spacial score (nSPS) is 11.6.